The average Bonchev–Trinajstić information content (AvgIpc) is 3.08. The first kappa shape index (κ1) is 22.6. The van der Waals surface area contributed by atoms with Crippen LogP contribution in [0.3, 0.4) is 0 Å². The second kappa shape index (κ2) is 8.19. The van der Waals surface area contributed by atoms with Gasteiger partial charge in [-0.15, -0.1) is 0 Å². The summed E-state index contributed by atoms with van der Waals surface area (Å²) in [5, 5.41) is 5.05. The average molecular weight is 485 g/mol. The number of benzene rings is 2. The Morgan fingerprint density at radius 2 is 1.84 bits per heavy atom. The number of nitrogens with one attached hydrogen (secondary N) is 3. The summed E-state index contributed by atoms with van der Waals surface area (Å²) in [7, 11) is -4.48. The molecule has 15 heteroatoms. The van der Waals surface area contributed by atoms with Crippen LogP contribution in [0, 0.1) is 0 Å². The van der Waals surface area contributed by atoms with Crippen LogP contribution in [0.25, 0.3) is 11.4 Å². The van der Waals surface area contributed by atoms with E-state index < -0.39 is 55.4 Å². The van der Waals surface area contributed by atoms with Gasteiger partial charge in [-0.3, -0.25) is 9.71 Å². The lowest BCUT2D eigenvalue weighted by Crippen LogP contribution is -2.14. The highest BCUT2D eigenvalue weighted by Crippen LogP contribution is 2.35. The maximum atomic E-state index is 13.3. The molecule has 0 amide bonds. The quantitative estimate of drug-likeness (QED) is 0.460. The van der Waals surface area contributed by atoms with Crippen molar-refractivity contribution < 1.29 is 35.1 Å². The first-order valence-electron chi connectivity index (χ1n) is 8.00. The lowest BCUT2D eigenvalue weighted by atomic mass is 10.1. The topological polar surface area (TPSA) is 117 Å². The molecule has 0 spiro atoms. The van der Waals surface area contributed by atoms with Gasteiger partial charge in [0, 0.05) is 5.56 Å². The van der Waals surface area contributed by atoms with Crippen molar-refractivity contribution >= 4 is 27.3 Å². The number of rotatable bonds is 6. The number of aromatic nitrogens is 3. The van der Waals surface area contributed by atoms with E-state index in [0.717, 1.165) is 24.3 Å². The third-order valence-corrected chi connectivity index (χ3v) is 5.39. The molecular formula is C16H10ClF5N4O4S. The Hall–Kier alpha value is -3.13. The van der Waals surface area contributed by atoms with E-state index in [2.05, 4.69) is 14.8 Å². The molecule has 0 fully saturated rings. The fourth-order valence-electron chi connectivity index (χ4n) is 2.45. The summed E-state index contributed by atoms with van der Waals surface area (Å²) in [5.74, 6) is -0.743. The molecule has 0 unspecified atom stereocenters. The molecule has 0 bridgehead atoms. The van der Waals surface area contributed by atoms with Crippen LogP contribution in [0.2, 0.25) is 5.02 Å². The van der Waals surface area contributed by atoms with Crippen LogP contribution < -0.4 is 15.1 Å². The fraction of sp³-hybridized carbons (Fsp3) is 0.125. The molecule has 31 heavy (non-hydrogen) atoms. The Kier molecular flexibility index (Phi) is 5.96. The number of nitrogens with zero attached hydrogens (tertiary/aromatic N) is 1. The van der Waals surface area contributed by atoms with Gasteiger partial charge in [0.2, 0.25) is 0 Å². The number of sulfonamides is 1. The minimum Gasteiger partial charge on any atom is -0.433 e. The second-order valence-electron chi connectivity index (χ2n) is 5.90. The van der Waals surface area contributed by atoms with E-state index in [-0.39, 0.29) is 11.4 Å². The molecule has 3 N–H and O–H groups in total. The molecule has 0 aliphatic heterocycles. The summed E-state index contributed by atoms with van der Waals surface area (Å²) in [6, 6.07) is 4.75. The van der Waals surface area contributed by atoms with Crippen LogP contribution >= 0.6 is 11.6 Å². The fourth-order valence-corrected chi connectivity index (χ4v) is 3.80. The second-order valence-corrected chi connectivity index (χ2v) is 7.99. The van der Waals surface area contributed by atoms with Crippen LogP contribution in [0.15, 0.2) is 46.1 Å². The van der Waals surface area contributed by atoms with E-state index >= 15 is 0 Å². The largest absolute Gasteiger partial charge is 0.433 e. The van der Waals surface area contributed by atoms with Crippen molar-refractivity contribution in [3.05, 3.63) is 57.5 Å². The molecule has 2 aromatic carbocycles. The normalized spacial score (nSPS) is 12.2. The van der Waals surface area contributed by atoms with Gasteiger partial charge in [0.1, 0.15) is 5.75 Å². The molecule has 3 rings (SSSR count). The molecule has 1 heterocycles. The number of ether oxygens (including phenoxy) is 1. The Balaban J connectivity index is 2.00. The first-order chi connectivity index (χ1) is 14.3. The predicted octanol–water partition coefficient (Wildman–Crippen LogP) is 3.84. The zero-order valence-corrected chi connectivity index (χ0v) is 16.4. The predicted molar refractivity (Wildman–Crippen MR) is 98.5 cm³/mol. The van der Waals surface area contributed by atoms with Gasteiger partial charge in [-0.05, 0) is 36.4 Å². The molecule has 0 radical (unpaired) electrons. The van der Waals surface area contributed by atoms with Crippen molar-refractivity contribution in [2.45, 2.75) is 17.7 Å². The minimum absolute atomic E-state index is 0.232. The van der Waals surface area contributed by atoms with E-state index in [0.29, 0.717) is 12.1 Å². The number of aromatic amines is 2. The van der Waals surface area contributed by atoms with Crippen molar-refractivity contribution in [3.8, 4) is 17.1 Å². The minimum atomic E-state index is -4.84. The number of alkyl halides is 5. The number of H-pyrrole nitrogens is 2. The maximum Gasteiger partial charge on any atom is 0.416 e. The van der Waals surface area contributed by atoms with Gasteiger partial charge < -0.3 is 4.74 Å². The summed E-state index contributed by atoms with van der Waals surface area (Å²) in [5.41, 5.74) is -2.73. The van der Waals surface area contributed by atoms with Gasteiger partial charge in [0.25, 0.3) is 10.0 Å². The molecular weight excluding hydrogens is 475 g/mol. The highest BCUT2D eigenvalue weighted by molar-refractivity contribution is 7.92. The van der Waals surface area contributed by atoms with Crippen molar-refractivity contribution in [3.63, 3.8) is 0 Å². The number of anilines is 1. The molecule has 8 nitrogen and oxygen atoms in total. The van der Waals surface area contributed by atoms with Gasteiger partial charge in [0.05, 0.1) is 21.2 Å². The summed E-state index contributed by atoms with van der Waals surface area (Å²) in [4.78, 5) is 12.8. The third kappa shape index (κ3) is 5.32. The van der Waals surface area contributed by atoms with E-state index in [9.17, 15) is 35.2 Å². The van der Waals surface area contributed by atoms with Crippen molar-refractivity contribution in [1.82, 2.24) is 15.2 Å². The Morgan fingerprint density at radius 1 is 1.13 bits per heavy atom. The Morgan fingerprint density at radius 3 is 2.39 bits per heavy atom. The van der Waals surface area contributed by atoms with Gasteiger partial charge in [-0.1, -0.05) is 11.6 Å². The SMILES string of the molecule is O=c1[nH]nc(-c2cc(NS(=O)(=O)c3ccc(OC(F)F)c(Cl)c3)cc(C(F)(F)F)c2)[nH]1. The van der Waals surface area contributed by atoms with Crippen LogP contribution in [-0.2, 0) is 16.2 Å². The lowest BCUT2D eigenvalue weighted by Gasteiger charge is -2.14. The van der Waals surface area contributed by atoms with E-state index in [4.69, 9.17) is 11.6 Å². The lowest BCUT2D eigenvalue weighted by molar-refractivity contribution is -0.137. The zero-order chi connectivity index (χ0) is 23.0. The van der Waals surface area contributed by atoms with Crippen LogP contribution in [0.1, 0.15) is 5.56 Å². The molecule has 0 saturated carbocycles. The van der Waals surface area contributed by atoms with E-state index in [1.807, 2.05) is 9.82 Å². The molecule has 1 aromatic heterocycles. The molecule has 0 saturated heterocycles. The first-order valence-corrected chi connectivity index (χ1v) is 9.86. The van der Waals surface area contributed by atoms with Crippen LogP contribution in [0.5, 0.6) is 5.75 Å². The molecule has 3 aromatic rings. The van der Waals surface area contributed by atoms with Crippen LogP contribution in [0.4, 0.5) is 27.6 Å². The van der Waals surface area contributed by atoms with Crippen molar-refractivity contribution in [2.75, 3.05) is 4.72 Å². The highest BCUT2D eigenvalue weighted by atomic mass is 35.5. The molecule has 0 atom stereocenters. The summed E-state index contributed by atoms with van der Waals surface area (Å²) < 4.78 is 95.6. The van der Waals surface area contributed by atoms with Gasteiger partial charge in [0.15, 0.2) is 5.82 Å². The zero-order valence-electron chi connectivity index (χ0n) is 14.8. The van der Waals surface area contributed by atoms with Crippen LogP contribution in [-0.4, -0.2) is 30.2 Å². The monoisotopic (exact) mass is 484 g/mol. The maximum absolute atomic E-state index is 13.3. The summed E-state index contributed by atoms with van der Waals surface area (Å²) in [6.07, 6.45) is -4.84. The van der Waals surface area contributed by atoms with Gasteiger partial charge in [-0.2, -0.15) is 27.1 Å². The standard InChI is InChI=1S/C16H10ClF5N4O4S/c17-11-6-10(1-2-12(11)30-14(18)19)31(28,29)26-9-4-7(13-23-15(27)25-24-13)3-8(5-9)16(20,21)22/h1-6,14,26H,(H2,23,24,25,27). The smallest absolute Gasteiger partial charge is 0.416 e. The Labute approximate surface area is 175 Å². The Bertz CT molecular complexity index is 1270. The van der Waals surface area contributed by atoms with Gasteiger partial charge in [-0.25, -0.2) is 18.3 Å². The third-order valence-electron chi connectivity index (χ3n) is 3.72. The highest BCUT2D eigenvalue weighted by Gasteiger charge is 2.32. The number of hydrogen-bond donors (Lipinski definition) is 3. The molecule has 0 aliphatic carbocycles. The number of hydrogen-bond acceptors (Lipinski definition) is 5. The molecule has 0 aliphatic rings. The van der Waals surface area contributed by atoms with E-state index in [1.165, 1.54) is 0 Å². The number of halogens is 6. The summed E-state index contributed by atoms with van der Waals surface area (Å²) in [6.45, 7) is -3.20. The molecule has 166 valence electrons. The summed E-state index contributed by atoms with van der Waals surface area (Å²) >= 11 is 5.73. The van der Waals surface area contributed by atoms with Crippen molar-refractivity contribution in [2.24, 2.45) is 0 Å². The van der Waals surface area contributed by atoms with Gasteiger partial charge >= 0.3 is 18.5 Å². The van der Waals surface area contributed by atoms with Crippen molar-refractivity contribution in [1.29, 1.82) is 0 Å². The van der Waals surface area contributed by atoms with E-state index in [1.54, 1.807) is 0 Å².